The third-order valence-corrected chi connectivity index (χ3v) is 5.95. The summed E-state index contributed by atoms with van der Waals surface area (Å²) in [5.41, 5.74) is 1.79. The number of aromatic nitrogens is 3. The largest absolute Gasteiger partial charge is 0.368 e. The Hall–Kier alpha value is -3.24. The minimum absolute atomic E-state index is 0.000367. The molecular weight excluding hydrogens is 415 g/mol. The van der Waals surface area contributed by atoms with Crippen LogP contribution in [0.3, 0.4) is 0 Å². The highest BCUT2D eigenvalue weighted by molar-refractivity contribution is 5.94. The van der Waals surface area contributed by atoms with E-state index in [0.29, 0.717) is 23.0 Å². The summed E-state index contributed by atoms with van der Waals surface area (Å²) in [6.45, 7) is 3.76. The molecular formula is C22H25FN6O3. The van der Waals surface area contributed by atoms with Gasteiger partial charge in [0.2, 0.25) is 5.91 Å². The van der Waals surface area contributed by atoms with Gasteiger partial charge in [0, 0.05) is 29.8 Å². The average Bonchev–Trinajstić information content (AvgIpc) is 3.51. The summed E-state index contributed by atoms with van der Waals surface area (Å²) in [6.07, 6.45) is 4.50. The second-order valence-electron chi connectivity index (χ2n) is 8.59. The minimum atomic E-state index is -1.06. The number of aliphatic hydroxyl groups excluding tert-OH is 2. The number of hydrogen-bond acceptors (Lipinski definition) is 7. The van der Waals surface area contributed by atoms with Gasteiger partial charge in [0.05, 0.1) is 17.6 Å². The van der Waals surface area contributed by atoms with Gasteiger partial charge in [-0.2, -0.15) is 5.10 Å². The van der Waals surface area contributed by atoms with Crippen molar-refractivity contribution in [2.24, 2.45) is 0 Å². The molecule has 3 aliphatic rings. The lowest BCUT2D eigenvalue weighted by molar-refractivity contribution is -0.115. The van der Waals surface area contributed by atoms with E-state index in [4.69, 9.17) is 0 Å². The smallest absolute Gasteiger partial charge is 0.245 e. The second kappa shape index (κ2) is 7.72. The zero-order valence-corrected chi connectivity index (χ0v) is 17.8. The SMILES string of the molecule is CC(C)N1C=CC2=C(C1O)N(CC(=O)Nc1ccc(F)cn1)c1cc(C3CC3)nn1C2O. The fourth-order valence-corrected chi connectivity index (χ4v) is 4.15. The molecule has 2 aliphatic heterocycles. The highest BCUT2D eigenvalue weighted by Gasteiger charge is 2.41. The summed E-state index contributed by atoms with van der Waals surface area (Å²) in [4.78, 5) is 20.2. The monoisotopic (exact) mass is 440 g/mol. The van der Waals surface area contributed by atoms with Gasteiger partial charge in [-0.1, -0.05) is 0 Å². The molecule has 32 heavy (non-hydrogen) atoms. The standard InChI is InChI=1S/C22H25FN6O3/c1-12(2)27-8-7-15-20(22(27)32)28(11-18(30)25-17-6-5-14(23)10-24-17)19-9-16(13-3-4-13)26-29(19)21(15)31/h5-10,12-13,21-22,31-32H,3-4,11H2,1-2H3,(H,24,25,30). The molecule has 5 rings (SSSR count). The molecule has 3 N–H and O–H groups in total. The van der Waals surface area contributed by atoms with Crippen molar-refractivity contribution in [2.75, 3.05) is 16.8 Å². The number of fused-ring (bicyclic) bond motifs is 1. The number of carbonyl (C=O) groups excluding carboxylic acids is 1. The summed E-state index contributed by atoms with van der Waals surface area (Å²) in [5.74, 6) is 0.223. The predicted octanol–water partition coefficient (Wildman–Crippen LogP) is 2.05. The van der Waals surface area contributed by atoms with Gasteiger partial charge in [0.1, 0.15) is 24.0 Å². The van der Waals surface area contributed by atoms with Gasteiger partial charge < -0.3 is 25.3 Å². The van der Waals surface area contributed by atoms with E-state index in [-0.39, 0.29) is 18.4 Å². The van der Waals surface area contributed by atoms with Gasteiger partial charge in [-0.05, 0) is 44.9 Å². The number of anilines is 2. The first-order chi connectivity index (χ1) is 15.3. The van der Waals surface area contributed by atoms with Crippen molar-refractivity contribution in [3.8, 4) is 0 Å². The quantitative estimate of drug-likeness (QED) is 0.653. The van der Waals surface area contributed by atoms with E-state index in [1.165, 1.54) is 16.8 Å². The van der Waals surface area contributed by atoms with Crippen LogP contribution < -0.4 is 10.2 Å². The molecule has 168 valence electrons. The molecule has 1 saturated carbocycles. The molecule has 9 nitrogen and oxygen atoms in total. The number of amides is 1. The van der Waals surface area contributed by atoms with E-state index in [1.54, 1.807) is 22.1 Å². The Morgan fingerprint density at radius 2 is 2.06 bits per heavy atom. The van der Waals surface area contributed by atoms with Crippen LogP contribution in [-0.2, 0) is 4.79 Å². The molecule has 2 unspecified atom stereocenters. The lowest BCUT2D eigenvalue weighted by Gasteiger charge is -2.43. The number of aliphatic hydroxyl groups is 2. The average molecular weight is 440 g/mol. The number of pyridine rings is 1. The van der Waals surface area contributed by atoms with Crippen molar-refractivity contribution in [1.82, 2.24) is 19.7 Å². The van der Waals surface area contributed by atoms with Crippen LogP contribution in [0, 0.1) is 5.82 Å². The van der Waals surface area contributed by atoms with Crippen molar-refractivity contribution in [3.63, 3.8) is 0 Å². The van der Waals surface area contributed by atoms with E-state index < -0.39 is 24.2 Å². The van der Waals surface area contributed by atoms with E-state index in [2.05, 4.69) is 15.4 Å². The maximum Gasteiger partial charge on any atom is 0.245 e. The number of hydrogen-bond donors (Lipinski definition) is 3. The highest BCUT2D eigenvalue weighted by Crippen LogP contribution is 2.44. The van der Waals surface area contributed by atoms with E-state index in [1.807, 2.05) is 19.9 Å². The molecule has 1 fully saturated rings. The van der Waals surface area contributed by atoms with Gasteiger partial charge in [-0.15, -0.1) is 0 Å². The molecule has 1 aliphatic carbocycles. The Morgan fingerprint density at radius 3 is 2.72 bits per heavy atom. The summed E-state index contributed by atoms with van der Waals surface area (Å²) in [7, 11) is 0. The molecule has 2 aromatic rings. The lowest BCUT2D eigenvalue weighted by atomic mass is 10.0. The van der Waals surface area contributed by atoms with Crippen LogP contribution in [0.15, 0.2) is 47.9 Å². The van der Waals surface area contributed by atoms with Gasteiger partial charge in [-0.25, -0.2) is 14.1 Å². The van der Waals surface area contributed by atoms with Crippen molar-refractivity contribution < 1.29 is 19.4 Å². The predicted molar refractivity (Wildman–Crippen MR) is 115 cm³/mol. The van der Waals surface area contributed by atoms with Gasteiger partial charge in [0.15, 0.2) is 12.5 Å². The minimum Gasteiger partial charge on any atom is -0.368 e. The van der Waals surface area contributed by atoms with Crippen LogP contribution >= 0.6 is 0 Å². The van der Waals surface area contributed by atoms with Crippen LogP contribution in [0.25, 0.3) is 0 Å². The van der Waals surface area contributed by atoms with E-state index >= 15 is 0 Å². The molecule has 0 spiro atoms. The number of carbonyl (C=O) groups is 1. The number of nitrogens with zero attached hydrogens (tertiary/aromatic N) is 5. The Balaban J connectivity index is 1.50. The first-order valence-electron chi connectivity index (χ1n) is 10.7. The van der Waals surface area contributed by atoms with Crippen LogP contribution in [0.2, 0.25) is 0 Å². The summed E-state index contributed by atoms with van der Waals surface area (Å²) in [5, 5.41) is 29.4. The molecule has 0 saturated heterocycles. The molecule has 0 bridgehead atoms. The fourth-order valence-electron chi connectivity index (χ4n) is 4.15. The molecule has 4 heterocycles. The number of rotatable bonds is 5. The van der Waals surface area contributed by atoms with Crippen LogP contribution in [0.4, 0.5) is 16.0 Å². The number of nitrogens with one attached hydrogen (secondary N) is 1. The normalized spacial score (nSPS) is 22.3. The molecule has 0 radical (unpaired) electrons. The summed E-state index contributed by atoms with van der Waals surface area (Å²) < 4.78 is 14.6. The van der Waals surface area contributed by atoms with Gasteiger partial charge in [-0.3, -0.25) is 4.79 Å². The third-order valence-electron chi connectivity index (χ3n) is 5.95. The first-order valence-corrected chi connectivity index (χ1v) is 10.7. The van der Waals surface area contributed by atoms with Crippen molar-refractivity contribution in [1.29, 1.82) is 0 Å². The van der Waals surface area contributed by atoms with Crippen molar-refractivity contribution >= 4 is 17.5 Å². The van der Waals surface area contributed by atoms with Gasteiger partial charge >= 0.3 is 0 Å². The topological polar surface area (TPSA) is 107 Å². The molecule has 0 aromatic carbocycles. The highest BCUT2D eigenvalue weighted by atomic mass is 19.1. The van der Waals surface area contributed by atoms with Gasteiger partial charge in [0.25, 0.3) is 0 Å². The zero-order valence-electron chi connectivity index (χ0n) is 17.8. The Kier molecular flexibility index (Phi) is 4.98. The first kappa shape index (κ1) is 20.7. The van der Waals surface area contributed by atoms with Crippen LogP contribution in [-0.4, -0.2) is 54.6 Å². The molecule has 2 aromatic heterocycles. The molecule has 2 atom stereocenters. The number of halogens is 1. The van der Waals surface area contributed by atoms with Crippen molar-refractivity contribution in [3.05, 3.63) is 59.5 Å². The maximum atomic E-state index is 13.1. The van der Waals surface area contributed by atoms with E-state index in [0.717, 1.165) is 24.7 Å². The van der Waals surface area contributed by atoms with E-state index in [9.17, 15) is 19.4 Å². The zero-order chi connectivity index (χ0) is 22.6. The van der Waals surface area contributed by atoms with Crippen LogP contribution in [0.1, 0.15) is 44.5 Å². The second-order valence-corrected chi connectivity index (χ2v) is 8.59. The third kappa shape index (κ3) is 3.55. The summed E-state index contributed by atoms with van der Waals surface area (Å²) in [6, 6.07) is 4.47. The Labute approximate surface area is 184 Å². The molecule has 10 heteroatoms. The Bertz CT molecular complexity index is 1110. The van der Waals surface area contributed by atoms with Crippen molar-refractivity contribution in [2.45, 2.75) is 51.1 Å². The maximum absolute atomic E-state index is 13.1. The Morgan fingerprint density at radius 1 is 1.28 bits per heavy atom. The fraction of sp³-hybridized carbons (Fsp3) is 0.409. The molecule has 1 amide bonds. The lowest BCUT2D eigenvalue weighted by Crippen LogP contribution is -2.50. The summed E-state index contributed by atoms with van der Waals surface area (Å²) >= 11 is 0. The van der Waals surface area contributed by atoms with Crippen LogP contribution in [0.5, 0.6) is 0 Å².